The highest BCUT2D eigenvalue weighted by Crippen LogP contribution is 2.16. The lowest BCUT2D eigenvalue weighted by atomic mass is 10.0. The van der Waals surface area contributed by atoms with E-state index < -0.39 is 0 Å². The smallest absolute Gasteiger partial charge is 0.00668 e. The van der Waals surface area contributed by atoms with Crippen LogP contribution in [0, 0.1) is 0 Å². The maximum atomic E-state index is 3.65. The molecule has 0 amide bonds. The number of rotatable bonds is 1. The van der Waals surface area contributed by atoms with Crippen LogP contribution in [0.2, 0.25) is 0 Å². The van der Waals surface area contributed by atoms with E-state index in [0.717, 1.165) is 6.42 Å². The molecule has 0 spiro atoms. The Morgan fingerprint density at radius 1 is 1.60 bits per heavy atom. The van der Waals surface area contributed by atoms with Crippen molar-refractivity contribution in [3.63, 3.8) is 0 Å². The van der Waals surface area contributed by atoms with Gasteiger partial charge in [-0.25, -0.2) is 0 Å². The van der Waals surface area contributed by atoms with Crippen molar-refractivity contribution in [1.29, 1.82) is 0 Å². The van der Waals surface area contributed by atoms with Gasteiger partial charge in [0.15, 0.2) is 0 Å². The summed E-state index contributed by atoms with van der Waals surface area (Å²) >= 11 is 0. The Balaban J connectivity index is 2.72. The minimum atomic E-state index is 1.07. The van der Waals surface area contributed by atoms with E-state index in [1.165, 1.54) is 11.1 Å². The van der Waals surface area contributed by atoms with Gasteiger partial charge in [-0.3, -0.25) is 0 Å². The molecule has 1 aliphatic rings. The second kappa shape index (κ2) is 3.21. The predicted octanol–water partition coefficient (Wildman–Crippen LogP) is 3.01. The Bertz CT molecular complexity index is 214. The molecular formula is C10H12. The van der Waals surface area contributed by atoms with E-state index in [2.05, 4.69) is 31.7 Å². The van der Waals surface area contributed by atoms with Crippen molar-refractivity contribution in [1.82, 2.24) is 0 Å². The number of hydrogen-bond donors (Lipinski definition) is 0. The first-order valence-electron chi connectivity index (χ1n) is 3.48. The van der Waals surface area contributed by atoms with Gasteiger partial charge >= 0.3 is 0 Å². The number of hydrogen-bond acceptors (Lipinski definition) is 0. The highest BCUT2D eigenvalue weighted by atomic mass is 14.0. The van der Waals surface area contributed by atoms with E-state index in [1.54, 1.807) is 0 Å². The van der Waals surface area contributed by atoms with Crippen LogP contribution in [0.15, 0.2) is 48.1 Å². The minimum absolute atomic E-state index is 1.07. The van der Waals surface area contributed by atoms with Gasteiger partial charge in [0.1, 0.15) is 0 Å². The SMILES string of the molecule is C=C/C=C1/C=CC=C(C)C1. The molecule has 0 heteroatoms. The largest absolute Gasteiger partial charge is 0.0991 e. The van der Waals surface area contributed by atoms with Gasteiger partial charge < -0.3 is 0 Å². The first kappa shape index (κ1) is 7.07. The maximum Gasteiger partial charge on any atom is -0.00668 e. The summed E-state index contributed by atoms with van der Waals surface area (Å²) in [4.78, 5) is 0. The second-order valence-electron chi connectivity index (χ2n) is 2.53. The third-order valence-electron chi connectivity index (χ3n) is 1.51. The van der Waals surface area contributed by atoms with E-state index in [9.17, 15) is 0 Å². The van der Waals surface area contributed by atoms with Crippen molar-refractivity contribution in [2.45, 2.75) is 13.3 Å². The quantitative estimate of drug-likeness (QED) is 0.514. The van der Waals surface area contributed by atoms with Crippen LogP contribution in [0.1, 0.15) is 13.3 Å². The predicted molar refractivity (Wildman–Crippen MR) is 45.8 cm³/mol. The summed E-state index contributed by atoms with van der Waals surface area (Å²) in [7, 11) is 0. The van der Waals surface area contributed by atoms with Crippen molar-refractivity contribution in [3.05, 3.63) is 48.1 Å². The van der Waals surface area contributed by atoms with E-state index in [4.69, 9.17) is 0 Å². The summed E-state index contributed by atoms with van der Waals surface area (Å²) in [5.74, 6) is 0. The second-order valence-corrected chi connectivity index (χ2v) is 2.53. The first-order chi connectivity index (χ1) is 4.83. The molecule has 0 bridgehead atoms. The zero-order chi connectivity index (χ0) is 7.40. The van der Waals surface area contributed by atoms with E-state index >= 15 is 0 Å². The molecule has 1 aliphatic carbocycles. The molecule has 0 aliphatic heterocycles. The summed E-state index contributed by atoms with van der Waals surface area (Å²) < 4.78 is 0. The molecule has 10 heavy (non-hydrogen) atoms. The van der Waals surface area contributed by atoms with Gasteiger partial charge in [-0.1, -0.05) is 42.5 Å². The Hall–Kier alpha value is -1.04. The van der Waals surface area contributed by atoms with Crippen LogP contribution in [0.5, 0.6) is 0 Å². The normalized spacial score (nSPS) is 20.9. The molecule has 0 saturated heterocycles. The maximum absolute atomic E-state index is 3.65. The zero-order valence-electron chi connectivity index (χ0n) is 6.30. The van der Waals surface area contributed by atoms with Gasteiger partial charge in [-0.05, 0) is 18.9 Å². The Labute approximate surface area is 62.3 Å². The molecule has 0 fully saturated rings. The lowest BCUT2D eigenvalue weighted by Gasteiger charge is -2.05. The van der Waals surface area contributed by atoms with E-state index in [1.807, 2.05) is 12.2 Å². The molecule has 1 rings (SSSR count). The van der Waals surface area contributed by atoms with Crippen molar-refractivity contribution in [2.24, 2.45) is 0 Å². The third kappa shape index (κ3) is 1.73. The van der Waals surface area contributed by atoms with E-state index in [-0.39, 0.29) is 0 Å². The summed E-state index contributed by atoms with van der Waals surface area (Å²) in [5, 5.41) is 0. The molecule has 0 radical (unpaired) electrons. The third-order valence-corrected chi connectivity index (χ3v) is 1.51. The molecule has 0 heterocycles. The molecule has 0 saturated carbocycles. The van der Waals surface area contributed by atoms with Crippen molar-refractivity contribution < 1.29 is 0 Å². The monoisotopic (exact) mass is 132 g/mol. The average molecular weight is 132 g/mol. The molecule has 0 aromatic rings. The molecule has 52 valence electrons. The zero-order valence-corrected chi connectivity index (χ0v) is 6.30. The summed E-state index contributed by atoms with van der Waals surface area (Å²) in [6, 6.07) is 0. The van der Waals surface area contributed by atoms with Crippen molar-refractivity contribution in [2.75, 3.05) is 0 Å². The fraction of sp³-hybridized carbons (Fsp3) is 0.200. The van der Waals surface area contributed by atoms with Gasteiger partial charge in [0.25, 0.3) is 0 Å². The van der Waals surface area contributed by atoms with Crippen LogP contribution in [0.3, 0.4) is 0 Å². The van der Waals surface area contributed by atoms with Gasteiger partial charge in [0.2, 0.25) is 0 Å². The molecule has 0 N–H and O–H groups in total. The molecule has 0 atom stereocenters. The first-order valence-corrected chi connectivity index (χ1v) is 3.48. The Morgan fingerprint density at radius 3 is 3.00 bits per heavy atom. The van der Waals surface area contributed by atoms with Crippen LogP contribution in [0.4, 0.5) is 0 Å². The molecule has 0 aromatic carbocycles. The molecule has 0 aromatic heterocycles. The standard InChI is InChI=1S/C10H12/c1-3-5-10-7-4-6-9(2)8-10/h3-7H,1,8H2,2H3/b10-5-. The summed E-state index contributed by atoms with van der Waals surface area (Å²) in [5.41, 5.74) is 2.76. The van der Waals surface area contributed by atoms with Gasteiger partial charge in [0, 0.05) is 0 Å². The lowest BCUT2D eigenvalue weighted by Crippen LogP contribution is -1.85. The van der Waals surface area contributed by atoms with Crippen LogP contribution in [-0.2, 0) is 0 Å². The van der Waals surface area contributed by atoms with Gasteiger partial charge in [-0.15, -0.1) is 0 Å². The highest BCUT2D eigenvalue weighted by Gasteiger charge is 1.96. The van der Waals surface area contributed by atoms with Gasteiger partial charge in [-0.2, -0.15) is 0 Å². The average Bonchev–Trinajstić information content (AvgIpc) is 1.88. The lowest BCUT2D eigenvalue weighted by molar-refractivity contribution is 1.13. The molecular weight excluding hydrogens is 120 g/mol. The Morgan fingerprint density at radius 2 is 2.40 bits per heavy atom. The van der Waals surface area contributed by atoms with Crippen molar-refractivity contribution in [3.8, 4) is 0 Å². The summed E-state index contributed by atoms with van der Waals surface area (Å²) in [6.45, 7) is 5.79. The summed E-state index contributed by atoms with van der Waals surface area (Å²) in [6.07, 6.45) is 11.3. The van der Waals surface area contributed by atoms with Gasteiger partial charge in [0.05, 0.1) is 0 Å². The molecule has 0 nitrogen and oxygen atoms in total. The van der Waals surface area contributed by atoms with Crippen molar-refractivity contribution >= 4 is 0 Å². The topological polar surface area (TPSA) is 0 Å². The highest BCUT2D eigenvalue weighted by molar-refractivity contribution is 5.35. The van der Waals surface area contributed by atoms with Crippen LogP contribution in [-0.4, -0.2) is 0 Å². The fourth-order valence-electron chi connectivity index (χ4n) is 1.04. The molecule has 0 unspecified atom stereocenters. The van der Waals surface area contributed by atoms with E-state index in [0.29, 0.717) is 0 Å². The fourth-order valence-corrected chi connectivity index (χ4v) is 1.04. The number of allylic oxidation sites excluding steroid dienone is 7. The Kier molecular flexibility index (Phi) is 2.27. The van der Waals surface area contributed by atoms with Crippen LogP contribution < -0.4 is 0 Å². The minimum Gasteiger partial charge on any atom is -0.0991 e. The van der Waals surface area contributed by atoms with Crippen LogP contribution >= 0.6 is 0 Å². The van der Waals surface area contributed by atoms with Crippen LogP contribution in [0.25, 0.3) is 0 Å².